The quantitative estimate of drug-likeness (QED) is 0.906. The summed E-state index contributed by atoms with van der Waals surface area (Å²) in [6, 6.07) is 7.37. The van der Waals surface area contributed by atoms with E-state index < -0.39 is 0 Å². The molecule has 1 aromatic heterocycles. The van der Waals surface area contributed by atoms with E-state index in [2.05, 4.69) is 9.97 Å². The molecule has 0 aliphatic heterocycles. The van der Waals surface area contributed by atoms with Crippen molar-refractivity contribution in [2.24, 2.45) is 0 Å². The normalized spacial score (nSPS) is 9.95. The van der Waals surface area contributed by atoms with Crippen LogP contribution >= 0.6 is 0 Å². The highest BCUT2D eigenvalue weighted by Gasteiger charge is 2.10. The van der Waals surface area contributed by atoms with E-state index in [4.69, 9.17) is 20.5 Å². The van der Waals surface area contributed by atoms with Crippen molar-refractivity contribution in [3.63, 3.8) is 0 Å². The van der Waals surface area contributed by atoms with Crippen molar-refractivity contribution < 1.29 is 9.47 Å². The van der Waals surface area contributed by atoms with E-state index in [0.717, 1.165) is 5.56 Å². The summed E-state index contributed by atoms with van der Waals surface area (Å²) in [5, 5.41) is 8.84. The molecular weight excluding hydrogens is 268 g/mol. The Kier molecular flexibility index (Phi) is 4.57. The molecule has 0 unspecified atom stereocenters. The number of rotatable bonds is 5. The van der Waals surface area contributed by atoms with Crippen LogP contribution in [0.4, 0.5) is 5.82 Å². The number of anilines is 1. The molecular formula is C15H16N4O2. The lowest BCUT2D eigenvalue weighted by Crippen LogP contribution is -2.01. The van der Waals surface area contributed by atoms with E-state index in [1.807, 2.05) is 32.0 Å². The Morgan fingerprint density at radius 1 is 1.19 bits per heavy atom. The van der Waals surface area contributed by atoms with Gasteiger partial charge in [0, 0.05) is 5.56 Å². The fourth-order valence-electron chi connectivity index (χ4n) is 1.81. The van der Waals surface area contributed by atoms with Crippen LogP contribution in [-0.2, 0) is 0 Å². The van der Waals surface area contributed by atoms with Crippen LogP contribution in [0.3, 0.4) is 0 Å². The molecule has 1 heterocycles. The Bertz CT molecular complexity index is 680. The lowest BCUT2D eigenvalue weighted by molar-refractivity contribution is 0.288. The van der Waals surface area contributed by atoms with E-state index in [9.17, 15) is 0 Å². The molecule has 0 atom stereocenters. The highest BCUT2D eigenvalue weighted by atomic mass is 16.5. The standard InChI is InChI=1S/C15H16N4O2/c1-3-20-12-6-5-10(7-13(12)21-4-2)15-18-9-11(8-16)14(17)19-15/h5-7,9H,3-4H2,1-2H3,(H2,17,18,19). The van der Waals surface area contributed by atoms with E-state index in [0.29, 0.717) is 30.5 Å². The molecule has 2 rings (SSSR count). The molecule has 6 nitrogen and oxygen atoms in total. The summed E-state index contributed by atoms with van der Waals surface area (Å²) >= 11 is 0. The molecule has 1 aromatic carbocycles. The highest BCUT2D eigenvalue weighted by Crippen LogP contribution is 2.32. The average molecular weight is 284 g/mol. The van der Waals surface area contributed by atoms with Crippen LogP contribution in [-0.4, -0.2) is 23.2 Å². The van der Waals surface area contributed by atoms with Crippen LogP contribution in [0.1, 0.15) is 19.4 Å². The lowest BCUT2D eigenvalue weighted by atomic mass is 10.2. The fraction of sp³-hybridized carbons (Fsp3) is 0.267. The smallest absolute Gasteiger partial charge is 0.161 e. The van der Waals surface area contributed by atoms with E-state index >= 15 is 0 Å². The third kappa shape index (κ3) is 3.20. The van der Waals surface area contributed by atoms with Crippen LogP contribution in [0.25, 0.3) is 11.4 Å². The van der Waals surface area contributed by atoms with Gasteiger partial charge in [-0.2, -0.15) is 5.26 Å². The summed E-state index contributed by atoms with van der Waals surface area (Å²) in [6.45, 7) is 4.90. The average Bonchev–Trinajstić information content (AvgIpc) is 2.49. The molecule has 0 saturated heterocycles. The molecule has 0 spiro atoms. The minimum Gasteiger partial charge on any atom is -0.490 e. The third-order valence-electron chi connectivity index (χ3n) is 2.74. The number of hydrogen-bond donors (Lipinski definition) is 1. The first-order valence-electron chi connectivity index (χ1n) is 6.62. The van der Waals surface area contributed by atoms with Crippen molar-refractivity contribution in [1.29, 1.82) is 5.26 Å². The number of aromatic nitrogens is 2. The second-order valence-corrected chi connectivity index (χ2v) is 4.13. The van der Waals surface area contributed by atoms with E-state index in [1.54, 1.807) is 6.07 Å². The van der Waals surface area contributed by atoms with Gasteiger partial charge in [0.2, 0.25) is 0 Å². The van der Waals surface area contributed by atoms with Gasteiger partial charge in [-0.3, -0.25) is 0 Å². The summed E-state index contributed by atoms with van der Waals surface area (Å²) in [7, 11) is 0. The Hall–Kier alpha value is -2.81. The summed E-state index contributed by atoms with van der Waals surface area (Å²) in [5.41, 5.74) is 6.72. The third-order valence-corrected chi connectivity index (χ3v) is 2.74. The lowest BCUT2D eigenvalue weighted by Gasteiger charge is -2.12. The second kappa shape index (κ2) is 6.57. The Balaban J connectivity index is 2.42. The maximum Gasteiger partial charge on any atom is 0.161 e. The highest BCUT2D eigenvalue weighted by molar-refractivity contribution is 5.63. The van der Waals surface area contributed by atoms with Crippen molar-refractivity contribution in [3.8, 4) is 29.0 Å². The summed E-state index contributed by atoms with van der Waals surface area (Å²) in [5.74, 6) is 1.90. The Morgan fingerprint density at radius 3 is 2.52 bits per heavy atom. The molecule has 6 heteroatoms. The topological polar surface area (TPSA) is 94.0 Å². The number of ether oxygens (including phenoxy) is 2. The van der Waals surface area contributed by atoms with Gasteiger partial charge in [-0.1, -0.05) is 0 Å². The molecule has 0 saturated carbocycles. The van der Waals surface area contributed by atoms with Gasteiger partial charge in [-0.25, -0.2) is 9.97 Å². The Morgan fingerprint density at radius 2 is 1.90 bits per heavy atom. The second-order valence-electron chi connectivity index (χ2n) is 4.13. The van der Waals surface area contributed by atoms with Crippen LogP contribution < -0.4 is 15.2 Å². The summed E-state index contributed by atoms with van der Waals surface area (Å²) in [4.78, 5) is 8.29. The number of nitrogen functional groups attached to an aromatic ring is 1. The van der Waals surface area contributed by atoms with Crippen molar-refractivity contribution in [3.05, 3.63) is 30.0 Å². The van der Waals surface area contributed by atoms with Gasteiger partial charge < -0.3 is 15.2 Å². The molecule has 0 amide bonds. The molecule has 108 valence electrons. The van der Waals surface area contributed by atoms with Gasteiger partial charge in [0.1, 0.15) is 17.5 Å². The number of nitriles is 1. The first kappa shape index (κ1) is 14.6. The number of hydrogen-bond acceptors (Lipinski definition) is 6. The zero-order valence-corrected chi connectivity index (χ0v) is 12.0. The van der Waals surface area contributed by atoms with Crippen LogP contribution in [0.5, 0.6) is 11.5 Å². The van der Waals surface area contributed by atoms with Crippen molar-refractivity contribution in [2.75, 3.05) is 18.9 Å². The first-order valence-corrected chi connectivity index (χ1v) is 6.62. The summed E-state index contributed by atoms with van der Waals surface area (Å²) < 4.78 is 11.1. The molecule has 0 aliphatic carbocycles. The maximum absolute atomic E-state index is 8.84. The van der Waals surface area contributed by atoms with Crippen molar-refractivity contribution in [1.82, 2.24) is 9.97 Å². The molecule has 2 N–H and O–H groups in total. The van der Waals surface area contributed by atoms with E-state index in [1.165, 1.54) is 6.20 Å². The Labute approximate surface area is 123 Å². The predicted molar refractivity (Wildman–Crippen MR) is 78.9 cm³/mol. The zero-order valence-electron chi connectivity index (χ0n) is 12.0. The van der Waals surface area contributed by atoms with Gasteiger partial charge in [-0.15, -0.1) is 0 Å². The van der Waals surface area contributed by atoms with Crippen LogP contribution in [0, 0.1) is 11.3 Å². The van der Waals surface area contributed by atoms with E-state index in [-0.39, 0.29) is 11.4 Å². The van der Waals surface area contributed by atoms with Gasteiger partial charge in [0.05, 0.1) is 19.4 Å². The fourth-order valence-corrected chi connectivity index (χ4v) is 1.81. The number of nitrogens with zero attached hydrogens (tertiary/aromatic N) is 3. The van der Waals surface area contributed by atoms with Crippen LogP contribution in [0.2, 0.25) is 0 Å². The molecule has 2 aromatic rings. The maximum atomic E-state index is 8.84. The number of nitrogens with two attached hydrogens (primary N) is 1. The monoisotopic (exact) mass is 284 g/mol. The molecule has 0 radical (unpaired) electrons. The molecule has 0 aliphatic rings. The minimum atomic E-state index is 0.161. The largest absolute Gasteiger partial charge is 0.490 e. The van der Waals surface area contributed by atoms with Gasteiger partial charge in [-0.05, 0) is 32.0 Å². The van der Waals surface area contributed by atoms with Gasteiger partial charge in [0.15, 0.2) is 17.3 Å². The van der Waals surface area contributed by atoms with Gasteiger partial charge in [0.25, 0.3) is 0 Å². The summed E-state index contributed by atoms with van der Waals surface area (Å²) in [6.07, 6.45) is 1.41. The van der Waals surface area contributed by atoms with Crippen molar-refractivity contribution >= 4 is 5.82 Å². The van der Waals surface area contributed by atoms with Crippen LogP contribution in [0.15, 0.2) is 24.4 Å². The molecule has 0 fully saturated rings. The SMILES string of the molecule is CCOc1ccc(-c2ncc(C#N)c(N)n2)cc1OCC. The number of benzene rings is 1. The first-order chi connectivity index (χ1) is 10.2. The van der Waals surface area contributed by atoms with Gasteiger partial charge >= 0.3 is 0 Å². The predicted octanol–water partition coefficient (Wildman–Crippen LogP) is 2.39. The minimum absolute atomic E-state index is 0.161. The molecule has 21 heavy (non-hydrogen) atoms. The molecule has 0 bridgehead atoms. The zero-order chi connectivity index (χ0) is 15.2. The van der Waals surface area contributed by atoms with Crippen molar-refractivity contribution in [2.45, 2.75) is 13.8 Å².